The predicted octanol–water partition coefficient (Wildman–Crippen LogP) is 1.23. The minimum Gasteiger partial charge on any atom is -0.369 e. The van der Waals surface area contributed by atoms with Crippen LogP contribution < -0.4 is 16.0 Å². The normalized spacial score (nSPS) is 10.9. The number of hydrogen-bond acceptors (Lipinski definition) is 5. The zero-order valence-electron chi connectivity index (χ0n) is 11.4. The first-order chi connectivity index (χ1) is 8.40. The third-order valence-electron chi connectivity index (χ3n) is 1.94. The first-order valence-corrected chi connectivity index (χ1v) is 6.01. The van der Waals surface area contributed by atoms with Crippen LogP contribution in [0.4, 0.5) is 11.6 Å². The third-order valence-corrected chi connectivity index (χ3v) is 1.94. The maximum absolute atomic E-state index is 11.6. The van der Waals surface area contributed by atoms with Crippen molar-refractivity contribution in [3.63, 3.8) is 0 Å². The van der Waals surface area contributed by atoms with Gasteiger partial charge < -0.3 is 16.0 Å². The fourth-order valence-corrected chi connectivity index (χ4v) is 1.35. The Morgan fingerprint density at radius 3 is 2.39 bits per heavy atom. The molecule has 0 aromatic carbocycles. The van der Waals surface area contributed by atoms with Crippen molar-refractivity contribution in [3.8, 4) is 0 Å². The number of amides is 1. The molecule has 0 fully saturated rings. The van der Waals surface area contributed by atoms with Gasteiger partial charge in [-0.1, -0.05) is 0 Å². The molecule has 0 aliphatic heterocycles. The van der Waals surface area contributed by atoms with Crippen molar-refractivity contribution in [1.82, 2.24) is 15.3 Å². The van der Waals surface area contributed by atoms with Crippen LogP contribution >= 0.6 is 0 Å². The van der Waals surface area contributed by atoms with Gasteiger partial charge in [0.05, 0.1) is 18.9 Å². The van der Waals surface area contributed by atoms with E-state index < -0.39 is 0 Å². The second kappa shape index (κ2) is 6.18. The van der Waals surface area contributed by atoms with Crippen molar-refractivity contribution in [2.45, 2.75) is 33.2 Å². The summed E-state index contributed by atoms with van der Waals surface area (Å²) in [6, 6.07) is 0. The Bertz CT molecular complexity index is 400. The molecule has 0 aliphatic carbocycles. The molecule has 6 nitrogen and oxygen atoms in total. The van der Waals surface area contributed by atoms with Crippen LogP contribution in [0.25, 0.3) is 0 Å². The number of anilines is 2. The molecule has 6 heteroatoms. The van der Waals surface area contributed by atoms with E-state index in [1.807, 2.05) is 27.7 Å². The maximum atomic E-state index is 11.6. The van der Waals surface area contributed by atoms with Crippen molar-refractivity contribution in [2.75, 3.05) is 23.7 Å². The monoisotopic (exact) mass is 251 g/mol. The van der Waals surface area contributed by atoms with Crippen LogP contribution in [0.2, 0.25) is 0 Å². The number of rotatable bonds is 5. The molecule has 0 unspecified atom stereocenters. The Labute approximate surface area is 108 Å². The molecule has 1 aromatic heterocycles. The zero-order chi connectivity index (χ0) is 13.6. The highest BCUT2D eigenvalue weighted by Crippen LogP contribution is 2.06. The van der Waals surface area contributed by atoms with E-state index in [2.05, 4.69) is 25.9 Å². The number of carbonyl (C=O) groups is 1. The number of nitrogens with one attached hydrogen (secondary N) is 3. The van der Waals surface area contributed by atoms with Gasteiger partial charge in [0.2, 0.25) is 5.91 Å². The van der Waals surface area contributed by atoms with E-state index in [1.54, 1.807) is 12.4 Å². The van der Waals surface area contributed by atoms with Crippen LogP contribution in [0.5, 0.6) is 0 Å². The molecule has 0 atom stereocenters. The summed E-state index contributed by atoms with van der Waals surface area (Å²) in [4.78, 5) is 19.9. The molecule has 1 rings (SSSR count). The second-order valence-electron chi connectivity index (χ2n) is 4.97. The van der Waals surface area contributed by atoms with Crippen LogP contribution in [0, 0.1) is 0 Å². The van der Waals surface area contributed by atoms with E-state index in [9.17, 15) is 4.79 Å². The molecular formula is C12H21N5O. The Morgan fingerprint density at radius 1 is 1.22 bits per heavy atom. The summed E-state index contributed by atoms with van der Waals surface area (Å²) >= 11 is 0. The molecular weight excluding hydrogens is 230 g/mol. The summed E-state index contributed by atoms with van der Waals surface area (Å²) in [6.07, 6.45) is 3.23. The molecule has 0 radical (unpaired) electrons. The Morgan fingerprint density at radius 2 is 1.83 bits per heavy atom. The Kier molecular flexibility index (Phi) is 4.88. The van der Waals surface area contributed by atoms with Crippen molar-refractivity contribution in [1.29, 1.82) is 0 Å². The van der Waals surface area contributed by atoms with Gasteiger partial charge in [-0.15, -0.1) is 0 Å². The van der Waals surface area contributed by atoms with Crippen LogP contribution in [-0.4, -0.2) is 34.5 Å². The molecule has 3 N–H and O–H groups in total. The second-order valence-corrected chi connectivity index (χ2v) is 4.97. The average Bonchev–Trinajstić information content (AvgIpc) is 2.25. The molecule has 1 amide bonds. The predicted molar refractivity (Wildman–Crippen MR) is 72.6 cm³/mol. The topological polar surface area (TPSA) is 78.9 Å². The molecule has 0 spiro atoms. The quantitative estimate of drug-likeness (QED) is 0.733. The summed E-state index contributed by atoms with van der Waals surface area (Å²) in [5.41, 5.74) is -0.226. The van der Waals surface area contributed by atoms with Gasteiger partial charge in [0.15, 0.2) is 0 Å². The van der Waals surface area contributed by atoms with Gasteiger partial charge in [-0.2, -0.15) is 0 Å². The summed E-state index contributed by atoms with van der Waals surface area (Å²) in [5.74, 6) is 1.20. The lowest BCUT2D eigenvalue weighted by molar-refractivity contribution is -0.120. The molecule has 18 heavy (non-hydrogen) atoms. The number of carbonyl (C=O) groups excluding carboxylic acids is 1. The van der Waals surface area contributed by atoms with E-state index in [0.29, 0.717) is 11.6 Å². The zero-order valence-corrected chi connectivity index (χ0v) is 11.4. The molecule has 1 heterocycles. The molecule has 100 valence electrons. The maximum Gasteiger partial charge on any atom is 0.239 e. The number of aromatic nitrogens is 2. The minimum absolute atomic E-state index is 0.0712. The van der Waals surface area contributed by atoms with Crippen LogP contribution in [0.3, 0.4) is 0 Å². The van der Waals surface area contributed by atoms with Crippen molar-refractivity contribution in [2.24, 2.45) is 0 Å². The first-order valence-electron chi connectivity index (χ1n) is 6.01. The van der Waals surface area contributed by atoms with Gasteiger partial charge in [0.1, 0.15) is 11.6 Å². The average molecular weight is 251 g/mol. The lowest BCUT2D eigenvalue weighted by Gasteiger charge is -2.20. The van der Waals surface area contributed by atoms with Crippen LogP contribution in [0.1, 0.15) is 27.7 Å². The van der Waals surface area contributed by atoms with Gasteiger partial charge >= 0.3 is 0 Å². The first kappa shape index (κ1) is 14.2. The van der Waals surface area contributed by atoms with E-state index in [1.165, 1.54) is 0 Å². The van der Waals surface area contributed by atoms with Crippen molar-refractivity contribution >= 4 is 17.5 Å². The van der Waals surface area contributed by atoms with E-state index >= 15 is 0 Å². The summed E-state index contributed by atoms with van der Waals surface area (Å²) in [5, 5.41) is 8.86. The summed E-state index contributed by atoms with van der Waals surface area (Å²) < 4.78 is 0. The van der Waals surface area contributed by atoms with Gasteiger partial charge in [-0.05, 0) is 27.7 Å². The molecule has 1 aromatic rings. The minimum atomic E-state index is -0.226. The fraction of sp³-hybridized carbons (Fsp3) is 0.583. The lowest BCUT2D eigenvalue weighted by atomic mass is 10.1. The van der Waals surface area contributed by atoms with E-state index in [0.717, 1.165) is 6.54 Å². The van der Waals surface area contributed by atoms with Gasteiger partial charge in [-0.25, -0.2) is 4.98 Å². The Hall–Kier alpha value is -1.85. The molecule has 0 bridgehead atoms. The fourth-order valence-electron chi connectivity index (χ4n) is 1.35. The molecule has 0 aliphatic rings. The number of nitrogens with zero attached hydrogens (tertiary/aromatic N) is 2. The van der Waals surface area contributed by atoms with Crippen LogP contribution in [0.15, 0.2) is 12.4 Å². The van der Waals surface area contributed by atoms with Gasteiger partial charge in [0.25, 0.3) is 0 Å². The van der Waals surface area contributed by atoms with Gasteiger partial charge in [0, 0.05) is 12.1 Å². The highest BCUT2D eigenvalue weighted by Gasteiger charge is 2.13. The van der Waals surface area contributed by atoms with Crippen molar-refractivity contribution < 1.29 is 4.79 Å². The smallest absolute Gasteiger partial charge is 0.239 e. The summed E-state index contributed by atoms with van der Waals surface area (Å²) in [7, 11) is 0. The molecule has 0 saturated carbocycles. The van der Waals surface area contributed by atoms with E-state index in [4.69, 9.17) is 0 Å². The summed E-state index contributed by atoms with van der Waals surface area (Å²) in [6.45, 7) is 8.77. The van der Waals surface area contributed by atoms with E-state index in [-0.39, 0.29) is 18.0 Å². The van der Waals surface area contributed by atoms with Gasteiger partial charge in [-0.3, -0.25) is 9.78 Å². The SMILES string of the molecule is CCNc1cncc(NCC(=O)NC(C)(C)C)n1. The van der Waals surface area contributed by atoms with Crippen LogP contribution in [-0.2, 0) is 4.79 Å². The lowest BCUT2D eigenvalue weighted by Crippen LogP contribution is -2.43. The highest BCUT2D eigenvalue weighted by atomic mass is 16.2. The third kappa shape index (κ3) is 5.47. The standard InChI is InChI=1S/C12H21N5O/c1-5-14-9-6-13-7-10(16-9)15-8-11(18)17-12(2,3)4/h6-7H,5,8H2,1-4H3,(H,17,18)(H2,14,15,16). The Balaban J connectivity index is 2.48. The largest absolute Gasteiger partial charge is 0.369 e. The highest BCUT2D eigenvalue weighted by molar-refractivity contribution is 5.81. The molecule has 0 saturated heterocycles. The van der Waals surface area contributed by atoms with Crippen molar-refractivity contribution in [3.05, 3.63) is 12.4 Å². The number of hydrogen-bond donors (Lipinski definition) is 3.